The van der Waals surface area contributed by atoms with Crippen LogP contribution in [-0.4, -0.2) is 43.1 Å². The number of likely N-dealkylation sites (N-methyl/N-ethyl adjacent to an activating group) is 1. The van der Waals surface area contributed by atoms with Gasteiger partial charge in [-0.2, -0.15) is 5.26 Å². The highest BCUT2D eigenvalue weighted by molar-refractivity contribution is 6.30. The zero-order valence-electron chi connectivity index (χ0n) is 13.6. The predicted molar refractivity (Wildman–Crippen MR) is 87.6 cm³/mol. The predicted octanol–water partition coefficient (Wildman–Crippen LogP) is 2.19. The summed E-state index contributed by atoms with van der Waals surface area (Å²) in [4.78, 5) is 25.8. The van der Waals surface area contributed by atoms with Gasteiger partial charge in [-0.15, -0.1) is 0 Å². The number of esters is 1. The van der Waals surface area contributed by atoms with Crippen LogP contribution in [0, 0.1) is 17.2 Å². The highest BCUT2D eigenvalue weighted by atomic mass is 35.5. The Hall–Kier alpha value is -2.26. The number of halogens is 1. The molecule has 1 aromatic carbocycles. The highest BCUT2D eigenvalue weighted by Gasteiger charge is 2.30. The fraction of sp³-hybridized carbons (Fsp3) is 0.471. The Bertz CT molecular complexity index is 671. The van der Waals surface area contributed by atoms with E-state index in [-0.39, 0.29) is 18.9 Å². The number of carbonyl (C=O) groups is 2. The quantitative estimate of drug-likeness (QED) is 0.760. The van der Waals surface area contributed by atoms with Crippen LogP contribution < -0.4 is 4.74 Å². The Balaban J connectivity index is 1.93. The van der Waals surface area contributed by atoms with E-state index in [0.717, 1.165) is 5.56 Å². The van der Waals surface area contributed by atoms with Crippen LogP contribution in [0.1, 0.15) is 18.9 Å². The molecule has 128 valence electrons. The van der Waals surface area contributed by atoms with Crippen molar-refractivity contribution in [1.82, 2.24) is 4.90 Å². The lowest BCUT2D eigenvalue weighted by Gasteiger charge is -2.26. The van der Waals surface area contributed by atoms with Crippen LogP contribution >= 0.6 is 11.6 Å². The number of nitrogens with zero attached hydrogens (tertiary/aromatic N) is 2. The summed E-state index contributed by atoms with van der Waals surface area (Å²) in [5.74, 6) is -0.576. The molecule has 7 heteroatoms. The number of amides is 1. The fourth-order valence-electron chi connectivity index (χ4n) is 2.47. The van der Waals surface area contributed by atoms with Crippen LogP contribution in [0.2, 0.25) is 5.02 Å². The summed E-state index contributed by atoms with van der Waals surface area (Å²) in [6, 6.07) is 7.24. The number of benzene rings is 1. The average Bonchev–Trinajstić information content (AvgIpc) is 2.57. The van der Waals surface area contributed by atoms with E-state index >= 15 is 0 Å². The Morgan fingerprint density at radius 2 is 2.29 bits per heavy atom. The van der Waals surface area contributed by atoms with Crippen LogP contribution in [0.4, 0.5) is 0 Å². The Morgan fingerprint density at radius 1 is 1.54 bits per heavy atom. The van der Waals surface area contributed by atoms with E-state index in [4.69, 9.17) is 26.3 Å². The third kappa shape index (κ3) is 4.39. The first-order valence-electron chi connectivity index (χ1n) is 7.66. The molecule has 1 aliphatic heterocycles. The monoisotopic (exact) mass is 350 g/mol. The normalized spacial score (nSPS) is 17.0. The number of hydrogen-bond donors (Lipinski definition) is 0. The van der Waals surface area contributed by atoms with E-state index in [1.807, 2.05) is 6.07 Å². The maximum Gasteiger partial charge on any atom is 0.313 e. The summed E-state index contributed by atoms with van der Waals surface area (Å²) < 4.78 is 10.8. The molecule has 0 fully saturated rings. The van der Waals surface area contributed by atoms with Gasteiger partial charge < -0.3 is 14.4 Å². The molecular weight excluding hydrogens is 332 g/mol. The van der Waals surface area contributed by atoms with Gasteiger partial charge >= 0.3 is 5.97 Å². The lowest BCUT2D eigenvalue weighted by atomic mass is 9.97. The fourth-order valence-corrected chi connectivity index (χ4v) is 2.67. The van der Waals surface area contributed by atoms with Crippen molar-refractivity contribution in [1.29, 1.82) is 5.26 Å². The highest BCUT2D eigenvalue weighted by Crippen LogP contribution is 2.30. The zero-order valence-corrected chi connectivity index (χ0v) is 14.4. The van der Waals surface area contributed by atoms with E-state index < -0.39 is 18.0 Å². The third-order valence-electron chi connectivity index (χ3n) is 3.84. The molecular formula is C17H19ClN2O4. The topological polar surface area (TPSA) is 79.6 Å². The van der Waals surface area contributed by atoms with Crippen molar-refractivity contribution in [3.8, 4) is 11.8 Å². The van der Waals surface area contributed by atoms with E-state index in [0.29, 0.717) is 23.7 Å². The standard InChI is InChI=1S/C17H19ClN2O4/c1-11(16(21)20(2)7-3-6-19)24-17(22)13-8-12-9-14(18)4-5-15(12)23-10-13/h4-5,9,11,13H,3,7-8,10H2,1-2H3/t11-,13-/m1/s1. The van der Waals surface area contributed by atoms with Gasteiger partial charge in [0, 0.05) is 18.6 Å². The van der Waals surface area contributed by atoms with Gasteiger partial charge in [-0.3, -0.25) is 9.59 Å². The minimum absolute atomic E-state index is 0.207. The molecule has 0 radical (unpaired) electrons. The van der Waals surface area contributed by atoms with Crippen LogP contribution in [-0.2, 0) is 20.7 Å². The summed E-state index contributed by atoms with van der Waals surface area (Å²) in [7, 11) is 1.58. The lowest BCUT2D eigenvalue weighted by Crippen LogP contribution is -2.40. The number of ether oxygens (including phenoxy) is 2. The lowest BCUT2D eigenvalue weighted by molar-refractivity contribution is -0.163. The minimum Gasteiger partial charge on any atom is -0.492 e. The first-order chi connectivity index (χ1) is 11.4. The van der Waals surface area contributed by atoms with E-state index in [1.165, 1.54) is 11.8 Å². The summed E-state index contributed by atoms with van der Waals surface area (Å²) >= 11 is 5.96. The number of carbonyl (C=O) groups excluding carboxylic acids is 2. The van der Waals surface area contributed by atoms with Gasteiger partial charge in [0.05, 0.1) is 18.4 Å². The number of hydrogen-bond acceptors (Lipinski definition) is 5. The molecule has 0 bridgehead atoms. The molecule has 2 atom stereocenters. The van der Waals surface area contributed by atoms with Crippen molar-refractivity contribution in [2.75, 3.05) is 20.2 Å². The molecule has 1 aromatic rings. The second-order valence-corrected chi connectivity index (χ2v) is 6.15. The number of nitriles is 1. The molecule has 0 saturated heterocycles. The van der Waals surface area contributed by atoms with Crippen LogP contribution in [0.25, 0.3) is 0 Å². The summed E-state index contributed by atoms with van der Waals surface area (Å²) in [5.41, 5.74) is 0.848. The molecule has 24 heavy (non-hydrogen) atoms. The van der Waals surface area contributed by atoms with Crippen molar-refractivity contribution >= 4 is 23.5 Å². The molecule has 1 aliphatic rings. The van der Waals surface area contributed by atoms with Crippen molar-refractivity contribution in [2.45, 2.75) is 25.9 Å². The van der Waals surface area contributed by atoms with Gasteiger partial charge in [0.25, 0.3) is 5.91 Å². The van der Waals surface area contributed by atoms with E-state index in [2.05, 4.69) is 0 Å². The summed E-state index contributed by atoms with van der Waals surface area (Å²) in [6.45, 7) is 2.03. The van der Waals surface area contributed by atoms with Crippen molar-refractivity contribution < 1.29 is 19.1 Å². The van der Waals surface area contributed by atoms with Gasteiger partial charge in [0.15, 0.2) is 6.10 Å². The molecule has 0 saturated carbocycles. The molecule has 0 N–H and O–H groups in total. The second kappa shape index (κ2) is 8.02. The first kappa shape index (κ1) is 18.1. The van der Waals surface area contributed by atoms with Crippen molar-refractivity contribution in [3.05, 3.63) is 28.8 Å². The first-order valence-corrected chi connectivity index (χ1v) is 8.03. The van der Waals surface area contributed by atoms with Gasteiger partial charge in [0.1, 0.15) is 12.4 Å². The van der Waals surface area contributed by atoms with E-state index in [9.17, 15) is 9.59 Å². The van der Waals surface area contributed by atoms with E-state index in [1.54, 1.807) is 25.2 Å². The van der Waals surface area contributed by atoms with Gasteiger partial charge in [-0.1, -0.05) is 11.6 Å². The smallest absolute Gasteiger partial charge is 0.313 e. The molecule has 0 spiro atoms. The maximum atomic E-state index is 12.3. The molecule has 1 heterocycles. The van der Waals surface area contributed by atoms with Crippen molar-refractivity contribution in [2.24, 2.45) is 5.92 Å². The molecule has 0 unspecified atom stereocenters. The second-order valence-electron chi connectivity index (χ2n) is 5.71. The Morgan fingerprint density at radius 3 is 3.00 bits per heavy atom. The average molecular weight is 351 g/mol. The van der Waals surface area contributed by atoms with Gasteiger partial charge in [-0.25, -0.2) is 0 Å². The summed E-state index contributed by atoms with van der Waals surface area (Å²) in [6.07, 6.45) is -0.210. The molecule has 0 aromatic heterocycles. The Labute approximate surface area is 145 Å². The maximum absolute atomic E-state index is 12.3. The molecule has 1 amide bonds. The van der Waals surface area contributed by atoms with Gasteiger partial charge in [0.2, 0.25) is 0 Å². The minimum atomic E-state index is -0.901. The number of rotatable bonds is 5. The molecule has 6 nitrogen and oxygen atoms in total. The Kier molecular flexibility index (Phi) is 6.04. The van der Waals surface area contributed by atoms with Crippen LogP contribution in [0.5, 0.6) is 5.75 Å². The van der Waals surface area contributed by atoms with Crippen LogP contribution in [0.15, 0.2) is 18.2 Å². The SMILES string of the molecule is C[C@@H](OC(=O)[C@H]1COc2ccc(Cl)cc2C1)C(=O)N(C)CCC#N. The van der Waals surface area contributed by atoms with Crippen LogP contribution in [0.3, 0.4) is 0 Å². The summed E-state index contributed by atoms with van der Waals surface area (Å²) in [5, 5.41) is 9.13. The van der Waals surface area contributed by atoms with Crippen molar-refractivity contribution in [3.63, 3.8) is 0 Å². The third-order valence-corrected chi connectivity index (χ3v) is 4.07. The van der Waals surface area contributed by atoms with Gasteiger partial charge in [-0.05, 0) is 37.1 Å². The molecule has 0 aliphatic carbocycles. The number of fused-ring (bicyclic) bond motifs is 1. The largest absolute Gasteiger partial charge is 0.492 e. The molecule has 2 rings (SSSR count). The zero-order chi connectivity index (χ0) is 17.7.